The fraction of sp³-hybridized carbons (Fsp3) is 0.917. The average molecular weight is 308 g/mol. The fourth-order valence-electron chi connectivity index (χ4n) is 1.94. The number of nitrogens with zero attached hydrogens (tertiary/aromatic N) is 1. The second-order valence-electron chi connectivity index (χ2n) is 5.55. The Hall–Kier alpha value is -0.290. The van der Waals surface area contributed by atoms with Gasteiger partial charge in [0, 0.05) is 24.3 Å². The Balaban J connectivity index is 2.52. The van der Waals surface area contributed by atoms with Crippen LogP contribution in [0.15, 0.2) is 0 Å². The molecule has 1 aliphatic rings. The van der Waals surface area contributed by atoms with Crippen LogP contribution in [0, 0.1) is 5.92 Å². The van der Waals surface area contributed by atoms with Crippen molar-refractivity contribution in [2.45, 2.75) is 45.3 Å². The number of amides is 1. The highest BCUT2D eigenvalue weighted by molar-refractivity contribution is 9.09. The molecule has 17 heavy (non-hydrogen) atoms. The Bertz CT molecular complexity index is 265. The van der Waals surface area contributed by atoms with Gasteiger partial charge in [-0.05, 0) is 33.6 Å². The van der Waals surface area contributed by atoms with E-state index in [-0.39, 0.29) is 18.1 Å². The maximum atomic E-state index is 11.9. The van der Waals surface area contributed by atoms with E-state index >= 15 is 0 Å². The minimum absolute atomic E-state index is 0.149. The summed E-state index contributed by atoms with van der Waals surface area (Å²) in [5.74, 6) is 0.149. The first-order valence-corrected chi connectivity index (χ1v) is 7.17. The van der Waals surface area contributed by atoms with Gasteiger partial charge in [0.1, 0.15) is 5.60 Å². The standard InChI is InChI=1S/C12H22BrNO3/c1-12(2,3)17-11(16)14-6-4-5-9(8-14)10(15)7-13/h9-10,15H,4-8H2,1-3H3. The number of ether oxygens (including phenoxy) is 1. The van der Waals surface area contributed by atoms with Crippen LogP contribution in [0.5, 0.6) is 0 Å². The minimum Gasteiger partial charge on any atom is -0.444 e. The third-order valence-electron chi connectivity index (χ3n) is 2.81. The van der Waals surface area contributed by atoms with E-state index in [9.17, 15) is 9.90 Å². The van der Waals surface area contributed by atoms with Crippen molar-refractivity contribution in [3.63, 3.8) is 0 Å². The van der Waals surface area contributed by atoms with Crippen molar-refractivity contribution in [3.05, 3.63) is 0 Å². The highest BCUT2D eigenvalue weighted by Crippen LogP contribution is 2.22. The molecule has 1 amide bonds. The van der Waals surface area contributed by atoms with Crippen LogP contribution >= 0.6 is 15.9 Å². The van der Waals surface area contributed by atoms with E-state index in [1.807, 2.05) is 20.8 Å². The molecule has 0 aromatic carbocycles. The molecule has 0 aromatic heterocycles. The molecule has 1 saturated heterocycles. The molecule has 1 heterocycles. The summed E-state index contributed by atoms with van der Waals surface area (Å²) in [6.07, 6.45) is 1.23. The Morgan fingerprint density at radius 2 is 2.24 bits per heavy atom. The molecule has 2 unspecified atom stereocenters. The molecular formula is C12H22BrNO3. The third-order valence-corrected chi connectivity index (χ3v) is 3.48. The highest BCUT2D eigenvalue weighted by Gasteiger charge is 2.30. The Labute approximate surface area is 111 Å². The zero-order valence-electron chi connectivity index (χ0n) is 10.8. The van der Waals surface area contributed by atoms with E-state index in [1.54, 1.807) is 4.90 Å². The van der Waals surface area contributed by atoms with Crippen LogP contribution in [0.2, 0.25) is 0 Å². The van der Waals surface area contributed by atoms with Crippen molar-refractivity contribution in [1.29, 1.82) is 0 Å². The summed E-state index contributed by atoms with van der Waals surface area (Å²) >= 11 is 3.27. The van der Waals surface area contributed by atoms with Gasteiger partial charge in [-0.15, -0.1) is 0 Å². The molecular weight excluding hydrogens is 286 g/mol. The molecule has 0 aromatic rings. The summed E-state index contributed by atoms with van der Waals surface area (Å²) in [6, 6.07) is 0. The summed E-state index contributed by atoms with van der Waals surface area (Å²) in [4.78, 5) is 13.6. The summed E-state index contributed by atoms with van der Waals surface area (Å²) in [5.41, 5.74) is -0.460. The Morgan fingerprint density at radius 3 is 2.76 bits per heavy atom. The second-order valence-corrected chi connectivity index (χ2v) is 6.20. The number of halogens is 1. The molecule has 1 rings (SSSR count). The lowest BCUT2D eigenvalue weighted by Gasteiger charge is -2.35. The van der Waals surface area contributed by atoms with E-state index in [1.165, 1.54) is 0 Å². The molecule has 0 saturated carbocycles. The zero-order valence-corrected chi connectivity index (χ0v) is 12.4. The van der Waals surface area contributed by atoms with Crippen molar-refractivity contribution in [3.8, 4) is 0 Å². The number of rotatable bonds is 2. The lowest BCUT2D eigenvalue weighted by Crippen LogP contribution is -2.45. The molecule has 0 radical (unpaired) electrons. The number of carbonyl (C=O) groups excluding carboxylic acids is 1. The van der Waals surface area contributed by atoms with Crippen LogP contribution in [0.4, 0.5) is 4.79 Å². The lowest BCUT2D eigenvalue weighted by atomic mass is 9.94. The molecule has 5 heteroatoms. The first kappa shape index (κ1) is 14.8. The summed E-state index contributed by atoms with van der Waals surface area (Å²) in [5, 5.41) is 10.3. The topological polar surface area (TPSA) is 49.8 Å². The van der Waals surface area contributed by atoms with Crippen LogP contribution in [-0.4, -0.2) is 46.2 Å². The summed E-state index contributed by atoms with van der Waals surface area (Å²) < 4.78 is 5.33. The number of likely N-dealkylation sites (tertiary alicyclic amines) is 1. The number of carbonyl (C=O) groups is 1. The lowest BCUT2D eigenvalue weighted by molar-refractivity contribution is 0.00610. The maximum Gasteiger partial charge on any atom is 0.410 e. The van der Waals surface area contributed by atoms with Crippen molar-refractivity contribution in [2.75, 3.05) is 18.4 Å². The van der Waals surface area contributed by atoms with Crippen molar-refractivity contribution in [2.24, 2.45) is 5.92 Å². The van der Waals surface area contributed by atoms with E-state index in [0.717, 1.165) is 19.4 Å². The number of hydrogen-bond donors (Lipinski definition) is 1. The van der Waals surface area contributed by atoms with E-state index in [0.29, 0.717) is 11.9 Å². The third kappa shape index (κ3) is 4.84. The van der Waals surface area contributed by atoms with Gasteiger partial charge >= 0.3 is 6.09 Å². The number of aliphatic hydroxyl groups excluding tert-OH is 1. The monoisotopic (exact) mass is 307 g/mol. The Kier molecular flexibility index (Phi) is 5.25. The van der Waals surface area contributed by atoms with E-state index < -0.39 is 5.60 Å². The number of hydrogen-bond acceptors (Lipinski definition) is 3. The molecule has 1 fully saturated rings. The van der Waals surface area contributed by atoms with Gasteiger partial charge in [0.25, 0.3) is 0 Å². The molecule has 1 N–H and O–H groups in total. The quantitative estimate of drug-likeness (QED) is 0.797. The predicted molar refractivity (Wildman–Crippen MR) is 70.3 cm³/mol. The van der Waals surface area contributed by atoms with Gasteiger partial charge < -0.3 is 14.7 Å². The first-order chi connectivity index (χ1) is 7.83. The van der Waals surface area contributed by atoms with Crippen molar-refractivity contribution < 1.29 is 14.6 Å². The number of alkyl halides is 1. The Morgan fingerprint density at radius 1 is 1.59 bits per heavy atom. The number of piperidine rings is 1. The van der Waals surface area contributed by atoms with Crippen LogP contribution in [0.1, 0.15) is 33.6 Å². The number of aliphatic hydroxyl groups is 1. The predicted octanol–water partition coefficient (Wildman–Crippen LogP) is 2.39. The van der Waals surface area contributed by atoms with E-state index in [4.69, 9.17) is 4.74 Å². The van der Waals surface area contributed by atoms with Gasteiger partial charge in [0.05, 0.1) is 6.10 Å². The van der Waals surface area contributed by atoms with Gasteiger partial charge in [-0.1, -0.05) is 15.9 Å². The SMILES string of the molecule is CC(C)(C)OC(=O)N1CCCC(C(O)CBr)C1. The minimum atomic E-state index is -0.460. The van der Waals surface area contributed by atoms with E-state index in [2.05, 4.69) is 15.9 Å². The average Bonchev–Trinajstić information content (AvgIpc) is 2.26. The van der Waals surface area contributed by atoms with Crippen molar-refractivity contribution in [1.82, 2.24) is 4.90 Å². The molecule has 1 aliphatic heterocycles. The second kappa shape index (κ2) is 6.05. The van der Waals surface area contributed by atoms with Gasteiger partial charge in [0.2, 0.25) is 0 Å². The molecule has 4 nitrogen and oxygen atoms in total. The summed E-state index contributed by atoms with van der Waals surface area (Å²) in [6.45, 7) is 6.89. The highest BCUT2D eigenvalue weighted by atomic mass is 79.9. The summed E-state index contributed by atoms with van der Waals surface area (Å²) in [7, 11) is 0. The largest absolute Gasteiger partial charge is 0.444 e. The first-order valence-electron chi connectivity index (χ1n) is 6.05. The van der Waals surface area contributed by atoms with Gasteiger partial charge in [-0.2, -0.15) is 0 Å². The van der Waals surface area contributed by atoms with Gasteiger partial charge in [0.15, 0.2) is 0 Å². The zero-order chi connectivity index (χ0) is 13.1. The fourth-order valence-corrected chi connectivity index (χ4v) is 2.47. The molecule has 0 spiro atoms. The smallest absolute Gasteiger partial charge is 0.410 e. The molecule has 100 valence electrons. The van der Waals surface area contributed by atoms with Crippen molar-refractivity contribution >= 4 is 22.0 Å². The molecule has 2 atom stereocenters. The van der Waals surface area contributed by atoms with Crippen LogP contribution in [0.3, 0.4) is 0 Å². The normalized spacial score (nSPS) is 23.4. The molecule has 0 aliphatic carbocycles. The van der Waals surface area contributed by atoms with Gasteiger partial charge in [-0.25, -0.2) is 4.79 Å². The van der Waals surface area contributed by atoms with Gasteiger partial charge in [-0.3, -0.25) is 0 Å². The van der Waals surface area contributed by atoms with Crippen LogP contribution in [-0.2, 0) is 4.74 Å². The molecule has 0 bridgehead atoms. The maximum absolute atomic E-state index is 11.9. The van der Waals surface area contributed by atoms with Crippen LogP contribution < -0.4 is 0 Å². The van der Waals surface area contributed by atoms with Crippen LogP contribution in [0.25, 0.3) is 0 Å².